The molecule has 0 atom stereocenters. The molecule has 0 unspecified atom stereocenters. The summed E-state index contributed by atoms with van der Waals surface area (Å²) in [4.78, 5) is 0. The lowest BCUT2D eigenvalue weighted by Gasteiger charge is -1.96. The third-order valence-corrected chi connectivity index (χ3v) is 2.05. The highest BCUT2D eigenvalue weighted by Gasteiger charge is 1.93. The maximum Gasteiger partial charge on any atom is 0.0521 e. The molecule has 0 nitrogen and oxygen atoms in total. The zero-order chi connectivity index (χ0) is 8.97. The number of thiol groups is 1. The van der Waals surface area contributed by atoms with Gasteiger partial charge in [0.1, 0.15) is 0 Å². The summed E-state index contributed by atoms with van der Waals surface area (Å²) in [5.41, 5.74) is 2.02. The van der Waals surface area contributed by atoms with E-state index in [1.807, 2.05) is 25.1 Å². The van der Waals surface area contributed by atoms with Crippen LogP contribution in [0.3, 0.4) is 0 Å². The van der Waals surface area contributed by atoms with Gasteiger partial charge in [-0.05, 0) is 24.6 Å². The number of halogens is 1. The van der Waals surface area contributed by atoms with Crippen LogP contribution in [0.4, 0.5) is 0 Å². The van der Waals surface area contributed by atoms with E-state index in [9.17, 15) is 0 Å². The van der Waals surface area contributed by atoms with Gasteiger partial charge in [0, 0.05) is 10.6 Å². The molecule has 1 aromatic carbocycles. The molecule has 1 aromatic rings. The normalized spacial score (nSPS) is 8.92. The Morgan fingerprint density at radius 3 is 2.83 bits per heavy atom. The highest BCUT2D eigenvalue weighted by atomic mass is 35.5. The second-order valence-electron chi connectivity index (χ2n) is 2.42. The molecule has 0 aliphatic carbocycles. The lowest BCUT2D eigenvalue weighted by molar-refractivity contribution is 1.46. The van der Waals surface area contributed by atoms with E-state index < -0.39 is 0 Å². The second kappa shape index (κ2) is 4.45. The van der Waals surface area contributed by atoms with E-state index in [1.165, 1.54) is 0 Å². The van der Waals surface area contributed by atoms with Crippen LogP contribution >= 0.6 is 24.2 Å². The number of hydrogen-bond donors (Lipinski definition) is 1. The molecule has 62 valence electrons. The molecule has 0 spiro atoms. The van der Waals surface area contributed by atoms with Gasteiger partial charge in [0.2, 0.25) is 0 Å². The first kappa shape index (κ1) is 9.51. The van der Waals surface area contributed by atoms with Crippen LogP contribution < -0.4 is 0 Å². The summed E-state index contributed by atoms with van der Waals surface area (Å²) in [6, 6.07) is 5.79. The monoisotopic (exact) mass is 196 g/mol. The molecule has 0 saturated heterocycles. The van der Waals surface area contributed by atoms with Crippen molar-refractivity contribution in [1.82, 2.24) is 0 Å². The van der Waals surface area contributed by atoms with Crippen LogP contribution in [0.5, 0.6) is 0 Å². The Hall–Kier alpha value is -0.580. The maximum absolute atomic E-state index is 5.91. The van der Waals surface area contributed by atoms with Crippen molar-refractivity contribution in [3.8, 4) is 11.8 Å². The van der Waals surface area contributed by atoms with Gasteiger partial charge in [0.15, 0.2) is 0 Å². The highest BCUT2D eigenvalue weighted by molar-refractivity contribution is 7.80. The van der Waals surface area contributed by atoms with E-state index in [0.29, 0.717) is 5.75 Å². The number of aryl methyl sites for hydroxylation is 1. The summed E-state index contributed by atoms with van der Waals surface area (Å²) < 4.78 is 0. The quantitative estimate of drug-likeness (QED) is 0.479. The third-order valence-electron chi connectivity index (χ3n) is 1.48. The Bertz CT molecular complexity index is 333. The first-order chi connectivity index (χ1) is 5.74. The van der Waals surface area contributed by atoms with E-state index in [2.05, 4.69) is 24.5 Å². The highest BCUT2D eigenvalue weighted by Crippen LogP contribution is 2.15. The molecule has 0 aliphatic rings. The molecule has 0 heterocycles. The van der Waals surface area contributed by atoms with Crippen LogP contribution in [0.2, 0.25) is 5.02 Å². The van der Waals surface area contributed by atoms with E-state index in [1.54, 1.807) is 0 Å². The molecule has 0 aromatic heterocycles. The molecule has 0 amide bonds. The molecule has 0 aliphatic heterocycles. The van der Waals surface area contributed by atoms with Gasteiger partial charge in [-0.3, -0.25) is 0 Å². The SMILES string of the molecule is Cc1ccc(C#CCS)cc1Cl. The van der Waals surface area contributed by atoms with Crippen molar-refractivity contribution in [2.45, 2.75) is 6.92 Å². The van der Waals surface area contributed by atoms with Crippen LogP contribution in [0, 0.1) is 18.8 Å². The smallest absolute Gasteiger partial charge is 0.0521 e. The third kappa shape index (κ3) is 2.48. The zero-order valence-electron chi connectivity index (χ0n) is 6.76. The average Bonchev–Trinajstić information content (AvgIpc) is 2.07. The topological polar surface area (TPSA) is 0 Å². The van der Waals surface area contributed by atoms with Gasteiger partial charge in [-0.2, -0.15) is 12.6 Å². The van der Waals surface area contributed by atoms with Crippen molar-refractivity contribution >= 4 is 24.2 Å². The molecule has 2 heteroatoms. The Labute approximate surface area is 83.3 Å². The minimum Gasteiger partial charge on any atom is -0.166 e. The molecule has 12 heavy (non-hydrogen) atoms. The van der Waals surface area contributed by atoms with Crippen molar-refractivity contribution in [3.63, 3.8) is 0 Å². The van der Waals surface area contributed by atoms with Crippen molar-refractivity contribution in [1.29, 1.82) is 0 Å². The predicted molar refractivity (Wildman–Crippen MR) is 56.9 cm³/mol. The summed E-state index contributed by atoms with van der Waals surface area (Å²) in [6.07, 6.45) is 0. The van der Waals surface area contributed by atoms with Gasteiger partial charge < -0.3 is 0 Å². The molecule has 0 fully saturated rings. The predicted octanol–water partition coefficient (Wildman–Crippen LogP) is 2.93. The summed E-state index contributed by atoms with van der Waals surface area (Å²) in [6.45, 7) is 1.97. The van der Waals surface area contributed by atoms with E-state index >= 15 is 0 Å². The zero-order valence-corrected chi connectivity index (χ0v) is 8.41. The van der Waals surface area contributed by atoms with Gasteiger partial charge in [-0.15, -0.1) is 0 Å². The first-order valence-corrected chi connectivity index (χ1v) is 4.61. The number of benzene rings is 1. The largest absolute Gasteiger partial charge is 0.166 e. The summed E-state index contributed by atoms with van der Waals surface area (Å²) in [5.74, 6) is 6.39. The minimum absolute atomic E-state index is 0.575. The van der Waals surface area contributed by atoms with Gasteiger partial charge in [0.05, 0.1) is 5.75 Å². The van der Waals surface area contributed by atoms with Crippen LogP contribution in [-0.4, -0.2) is 5.75 Å². The fourth-order valence-electron chi connectivity index (χ4n) is 0.812. The Morgan fingerprint density at radius 1 is 1.50 bits per heavy atom. The van der Waals surface area contributed by atoms with Gasteiger partial charge >= 0.3 is 0 Å². The van der Waals surface area contributed by atoms with Crippen LogP contribution in [0.1, 0.15) is 11.1 Å². The van der Waals surface area contributed by atoms with E-state index in [0.717, 1.165) is 16.1 Å². The molecular formula is C10H9ClS. The molecule has 0 bridgehead atoms. The van der Waals surface area contributed by atoms with Crippen molar-refractivity contribution in [2.24, 2.45) is 0 Å². The standard InChI is InChI=1S/C10H9ClS/c1-8-4-5-9(3-2-6-12)7-10(8)11/h4-5,7,12H,6H2,1H3. The fraction of sp³-hybridized carbons (Fsp3) is 0.200. The average molecular weight is 197 g/mol. The fourth-order valence-corrected chi connectivity index (χ4v) is 1.07. The van der Waals surface area contributed by atoms with E-state index in [4.69, 9.17) is 11.6 Å². The Balaban J connectivity index is 2.97. The van der Waals surface area contributed by atoms with Crippen molar-refractivity contribution in [2.75, 3.05) is 5.75 Å². The summed E-state index contributed by atoms with van der Waals surface area (Å²) >= 11 is 9.90. The summed E-state index contributed by atoms with van der Waals surface area (Å²) in [7, 11) is 0. The van der Waals surface area contributed by atoms with Crippen LogP contribution in [0.15, 0.2) is 18.2 Å². The Morgan fingerprint density at radius 2 is 2.25 bits per heavy atom. The van der Waals surface area contributed by atoms with Crippen LogP contribution in [-0.2, 0) is 0 Å². The number of hydrogen-bond acceptors (Lipinski definition) is 1. The van der Waals surface area contributed by atoms with Crippen LogP contribution in [0.25, 0.3) is 0 Å². The molecule has 1 rings (SSSR count). The van der Waals surface area contributed by atoms with Crippen molar-refractivity contribution < 1.29 is 0 Å². The van der Waals surface area contributed by atoms with Gasteiger partial charge in [0.25, 0.3) is 0 Å². The summed E-state index contributed by atoms with van der Waals surface area (Å²) in [5, 5.41) is 0.765. The molecule has 0 saturated carbocycles. The minimum atomic E-state index is 0.575. The lowest BCUT2D eigenvalue weighted by atomic mass is 10.1. The van der Waals surface area contributed by atoms with Crippen molar-refractivity contribution in [3.05, 3.63) is 34.3 Å². The molecular weight excluding hydrogens is 188 g/mol. The molecule has 0 radical (unpaired) electrons. The lowest BCUT2D eigenvalue weighted by Crippen LogP contribution is -1.78. The number of rotatable bonds is 0. The first-order valence-electron chi connectivity index (χ1n) is 3.60. The Kier molecular flexibility index (Phi) is 3.52. The van der Waals surface area contributed by atoms with Gasteiger partial charge in [-0.25, -0.2) is 0 Å². The maximum atomic E-state index is 5.91. The molecule has 0 N–H and O–H groups in total. The van der Waals surface area contributed by atoms with Gasteiger partial charge in [-0.1, -0.05) is 29.5 Å². The second-order valence-corrected chi connectivity index (χ2v) is 3.15. The van der Waals surface area contributed by atoms with E-state index in [-0.39, 0.29) is 0 Å².